The summed E-state index contributed by atoms with van der Waals surface area (Å²) in [5.41, 5.74) is 0.179. The van der Waals surface area contributed by atoms with Gasteiger partial charge in [0.15, 0.2) is 0 Å². The van der Waals surface area contributed by atoms with Gasteiger partial charge in [-0.25, -0.2) is 4.79 Å². The second kappa shape index (κ2) is 3.61. The Labute approximate surface area is 64.9 Å². The van der Waals surface area contributed by atoms with E-state index in [1.807, 2.05) is 0 Å². The first kappa shape index (κ1) is 9.49. The van der Waals surface area contributed by atoms with E-state index in [0.29, 0.717) is 0 Å². The van der Waals surface area contributed by atoms with Gasteiger partial charge >= 0.3 is 5.97 Å². The molecule has 60 valence electrons. The fourth-order valence-corrected chi connectivity index (χ4v) is 0.604. The summed E-state index contributed by atoms with van der Waals surface area (Å²) in [6.45, 7) is 0. The monoisotopic (exact) mass is 154 g/mol. The van der Waals surface area contributed by atoms with Crippen molar-refractivity contribution in [3.8, 4) is 5.75 Å². The lowest BCUT2D eigenvalue weighted by atomic mass is 10.2. The van der Waals surface area contributed by atoms with Crippen LogP contribution in [0.3, 0.4) is 0 Å². The standard InChI is InChI=1S/C7H6O3.CH4/c8-6-3-1-5(2-4-6)7(9)10;/h1-4,8H,(H,9,10);1H4. The zero-order chi connectivity index (χ0) is 7.56. The van der Waals surface area contributed by atoms with Gasteiger partial charge in [0.2, 0.25) is 0 Å². The van der Waals surface area contributed by atoms with E-state index in [1.165, 1.54) is 24.3 Å². The fraction of sp³-hybridized carbons (Fsp3) is 0.125. The van der Waals surface area contributed by atoms with Crippen molar-refractivity contribution in [3.63, 3.8) is 0 Å². The van der Waals surface area contributed by atoms with Crippen molar-refractivity contribution in [1.29, 1.82) is 0 Å². The summed E-state index contributed by atoms with van der Waals surface area (Å²) in [7, 11) is 0. The fourth-order valence-electron chi connectivity index (χ4n) is 0.604. The first-order chi connectivity index (χ1) is 4.70. The molecule has 0 saturated carbocycles. The molecule has 3 nitrogen and oxygen atoms in total. The Balaban J connectivity index is 0.000001000. The Hall–Kier alpha value is -1.51. The number of rotatable bonds is 1. The summed E-state index contributed by atoms with van der Waals surface area (Å²) in [6.07, 6.45) is 0. The molecule has 1 aromatic rings. The highest BCUT2D eigenvalue weighted by Crippen LogP contribution is 2.08. The molecule has 3 heteroatoms. The molecule has 0 amide bonds. The highest BCUT2D eigenvalue weighted by Gasteiger charge is 1.99. The van der Waals surface area contributed by atoms with Gasteiger partial charge in [-0.3, -0.25) is 0 Å². The topological polar surface area (TPSA) is 57.5 Å². The average molecular weight is 154 g/mol. The zero-order valence-electron chi connectivity index (χ0n) is 5.11. The molecule has 0 atom stereocenters. The van der Waals surface area contributed by atoms with E-state index >= 15 is 0 Å². The van der Waals surface area contributed by atoms with Gasteiger partial charge in [-0.05, 0) is 24.3 Å². The number of aromatic carboxylic acids is 1. The van der Waals surface area contributed by atoms with Crippen LogP contribution in [0.15, 0.2) is 24.3 Å². The summed E-state index contributed by atoms with van der Waals surface area (Å²) in [5.74, 6) is -0.912. The molecule has 0 aliphatic rings. The van der Waals surface area contributed by atoms with Crippen LogP contribution in [0.5, 0.6) is 5.75 Å². The van der Waals surface area contributed by atoms with E-state index in [2.05, 4.69) is 0 Å². The molecular weight excluding hydrogens is 144 g/mol. The van der Waals surface area contributed by atoms with Crippen LogP contribution >= 0.6 is 0 Å². The second-order valence-electron chi connectivity index (χ2n) is 1.85. The zero-order valence-corrected chi connectivity index (χ0v) is 5.11. The van der Waals surface area contributed by atoms with Gasteiger partial charge in [-0.2, -0.15) is 0 Å². The molecular formula is C8H10O3. The molecule has 0 radical (unpaired) electrons. The van der Waals surface area contributed by atoms with E-state index in [0.717, 1.165) is 0 Å². The van der Waals surface area contributed by atoms with Crippen LogP contribution in [0.25, 0.3) is 0 Å². The van der Waals surface area contributed by atoms with Crippen LogP contribution in [0.2, 0.25) is 0 Å². The van der Waals surface area contributed by atoms with Gasteiger partial charge in [0.1, 0.15) is 5.75 Å². The summed E-state index contributed by atoms with van der Waals surface area (Å²) in [5, 5.41) is 17.1. The second-order valence-corrected chi connectivity index (χ2v) is 1.85. The van der Waals surface area contributed by atoms with Crippen molar-refractivity contribution < 1.29 is 15.0 Å². The van der Waals surface area contributed by atoms with Gasteiger partial charge in [-0.1, -0.05) is 7.43 Å². The van der Waals surface area contributed by atoms with Crippen LogP contribution in [0.4, 0.5) is 0 Å². The molecule has 1 rings (SSSR count). The highest BCUT2D eigenvalue weighted by molar-refractivity contribution is 5.87. The predicted octanol–water partition coefficient (Wildman–Crippen LogP) is 1.73. The third kappa shape index (κ3) is 2.29. The van der Waals surface area contributed by atoms with Crippen molar-refractivity contribution in [2.75, 3.05) is 0 Å². The number of benzene rings is 1. The minimum Gasteiger partial charge on any atom is -0.508 e. The number of phenols is 1. The van der Waals surface area contributed by atoms with Crippen molar-refractivity contribution in [1.82, 2.24) is 0 Å². The number of carbonyl (C=O) groups is 1. The normalized spacial score (nSPS) is 8.36. The Morgan fingerprint density at radius 3 is 2.00 bits per heavy atom. The first-order valence-electron chi connectivity index (χ1n) is 2.72. The van der Waals surface area contributed by atoms with E-state index in [1.54, 1.807) is 0 Å². The maximum absolute atomic E-state index is 10.2. The van der Waals surface area contributed by atoms with Crippen LogP contribution in [0.1, 0.15) is 17.8 Å². The molecule has 11 heavy (non-hydrogen) atoms. The van der Waals surface area contributed by atoms with Crippen molar-refractivity contribution in [2.24, 2.45) is 0 Å². The van der Waals surface area contributed by atoms with E-state index in [-0.39, 0.29) is 18.7 Å². The third-order valence-corrected chi connectivity index (χ3v) is 1.11. The van der Waals surface area contributed by atoms with Crippen molar-refractivity contribution >= 4 is 5.97 Å². The molecule has 0 fully saturated rings. The SMILES string of the molecule is C.O=C(O)c1ccc(O)cc1. The summed E-state index contributed by atoms with van der Waals surface area (Å²) < 4.78 is 0. The van der Waals surface area contributed by atoms with Crippen LogP contribution in [0, 0.1) is 0 Å². The summed E-state index contributed by atoms with van der Waals surface area (Å²) in [6, 6.07) is 5.36. The van der Waals surface area contributed by atoms with Gasteiger partial charge in [0.05, 0.1) is 5.56 Å². The lowest BCUT2D eigenvalue weighted by Crippen LogP contribution is -1.93. The van der Waals surface area contributed by atoms with Crippen LogP contribution in [-0.4, -0.2) is 16.2 Å². The molecule has 0 aliphatic heterocycles. The minimum absolute atomic E-state index is 0. The molecule has 0 bridgehead atoms. The molecule has 0 saturated heterocycles. The smallest absolute Gasteiger partial charge is 0.335 e. The molecule has 0 heterocycles. The van der Waals surface area contributed by atoms with E-state index in [9.17, 15) is 4.79 Å². The number of carboxylic acids is 1. The minimum atomic E-state index is -0.986. The van der Waals surface area contributed by atoms with Gasteiger partial charge < -0.3 is 10.2 Å². The summed E-state index contributed by atoms with van der Waals surface area (Å²) >= 11 is 0. The highest BCUT2D eigenvalue weighted by atomic mass is 16.4. The molecule has 0 aliphatic carbocycles. The number of carboxylic acid groups (broad SMARTS) is 1. The lowest BCUT2D eigenvalue weighted by molar-refractivity contribution is 0.0697. The summed E-state index contributed by atoms with van der Waals surface area (Å²) in [4.78, 5) is 10.2. The first-order valence-corrected chi connectivity index (χ1v) is 2.72. The average Bonchev–Trinajstić information content (AvgIpc) is 1.88. The lowest BCUT2D eigenvalue weighted by Gasteiger charge is -1.92. The van der Waals surface area contributed by atoms with E-state index < -0.39 is 5.97 Å². The van der Waals surface area contributed by atoms with Crippen molar-refractivity contribution in [2.45, 2.75) is 7.43 Å². The van der Waals surface area contributed by atoms with Crippen LogP contribution < -0.4 is 0 Å². The third-order valence-electron chi connectivity index (χ3n) is 1.11. The largest absolute Gasteiger partial charge is 0.508 e. The Morgan fingerprint density at radius 2 is 1.64 bits per heavy atom. The maximum atomic E-state index is 10.2. The predicted molar refractivity (Wildman–Crippen MR) is 41.8 cm³/mol. The Morgan fingerprint density at radius 1 is 1.18 bits per heavy atom. The van der Waals surface area contributed by atoms with Gasteiger partial charge in [0.25, 0.3) is 0 Å². The molecule has 0 spiro atoms. The molecule has 0 aromatic heterocycles. The number of aromatic hydroxyl groups is 1. The number of hydrogen-bond acceptors (Lipinski definition) is 2. The molecule has 1 aromatic carbocycles. The maximum Gasteiger partial charge on any atom is 0.335 e. The number of phenolic OH excluding ortho intramolecular Hbond substituents is 1. The van der Waals surface area contributed by atoms with E-state index in [4.69, 9.17) is 10.2 Å². The quantitative estimate of drug-likeness (QED) is 0.647. The number of hydrogen-bond donors (Lipinski definition) is 2. The molecule has 2 N–H and O–H groups in total. The van der Waals surface area contributed by atoms with Crippen LogP contribution in [-0.2, 0) is 0 Å². The molecule has 0 unspecified atom stereocenters. The van der Waals surface area contributed by atoms with Gasteiger partial charge in [0, 0.05) is 0 Å². The van der Waals surface area contributed by atoms with Crippen molar-refractivity contribution in [3.05, 3.63) is 29.8 Å². The Kier molecular flexibility index (Phi) is 3.11. The van der Waals surface area contributed by atoms with Gasteiger partial charge in [-0.15, -0.1) is 0 Å². The Bertz CT molecular complexity index is 238.